The minimum atomic E-state index is -3.57. The number of nitrogens with zero attached hydrogens (tertiary/aromatic N) is 2. The van der Waals surface area contributed by atoms with Gasteiger partial charge in [0.2, 0.25) is 15.8 Å². The number of carbonyl (C=O) groups is 1. The van der Waals surface area contributed by atoms with E-state index in [1.165, 1.54) is 16.4 Å². The zero-order chi connectivity index (χ0) is 18.6. The zero-order valence-electron chi connectivity index (χ0n) is 14.6. The van der Waals surface area contributed by atoms with Crippen molar-refractivity contribution in [2.75, 3.05) is 26.2 Å². The highest BCUT2D eigenvalue weighted by Crippen LogP contribution is 2.27. The summed E-state index contributed by atoms with van der Waals surface area (Å²) in [7, 11) is -3.57. The lowest BCUT2D eigenvalue weighted by atomic mass is 9.92. The van der Waals surface area contributed by atoms with Crippen LogP contribution < -0.4 is 0 Å². The Hall–Kier alpha value is -1.80. The van der Waals surface area contributed by atoms with E-state index in [0.717, 1.165) is 37.8 Å². The van der Waals surface area contributed by atoms with Gasteiger partial charge in [-0.2, -0.15) is 4.31 Å². The van der Waals surface area contributed by atoms with E-state index in [4.69, 9.17) is 4.74 Å². The molecule has 0 spiro atoms. The SMILES string of the molecule is O=C(CCCC1CCN(S(=O)(=O)c2ccc(F)cc2)CC1)C1=NCCO1. The monoisotopic (exact) mass is 382 g/mol. The highest BCUT2D eigenvalue weighted by molar-refractivity contribution is 7.89. The first-order valence-electron chi connectivity index (χ1n) is 8.93. The van der Waals surface area contributed by atoms with Crippen molar-refractivity contribution in [1.29, 1.82) is 0 Å². The van der Waals surface area contributed by atoms with Gasteiger partial charge in [0.05, 0.1) is 11.4 Å². The Morgan fingerprint density at radius 3 is 2.54 bits per heavy atom. The van der Waals surface area contributed by atoms with Crippen molar-refractivity contribution in [2.24, 2.45) is 10.9 Å². The third-order valence-electron chi connectivity index (χ3n) is 4.87. The van der Waals surface area contributed by atoms with E-state index in [-0.39, 0.29) is 16.6 Å². The molecule has 1 aromatic rings. The molecule has 2 heterocycles. The molecule has 2 aliphatic rings. The molecule has 0 bridgehead atoms. The molecular weight excluding hydrogens is 359 g/mol. The number of benzene rings is 1. The van der Waals surface area contributed by atoms with Gasteiger partial charge in [-0.3, -0.25) is 4.79 Å². The molecule has 0 amide bonds. The van der Waals surface area contributed by atoms with Crippen LogP contribution in [0.3, 0.4) is 0 Å². The predicted octanol–water partition coefficient (Wildman–Crippen LogP) is 2.39. The Morgan fingerprint density at radius 1 is 1.23 bits per heavy atom. The molecule has 0 saturated carbocycles. The molecule has 1 fully saturated rings. The number of halogens is 1. The van der Waals surface area contributed by atoms with Crippen molar-refractivity contribution in [3.05, 3.63) is 30.1 Å². The molecule has 0 unspecified atom stereocenters. The molecule has 0 N–H and O–H groups in total. The molecule has 1 saturated heterocycles. The van der Waals surface area contributed by atoms with E-state index < -0.39 is 15.8 Å². The van der Waals surface area contributed by atoms with E-state index in [9.17, 15) is 17.6 Å². The van der Waals surface area contributed by atoms with Crippen LogP contribution in [0.4, 0.5) is 4.39 Å². The highest BCUT2D eigenvalue weighted by Gasteiger charge is 2.29. The number of aliphatic imine (C=N–C) groups is 1. The maximum absolute atomic E-state index is 13.0. The molecule has 2 aliphatic heterocycles. The van der Waals surface area contributed by atoms with Gasteiger partial charge in [0.25, 0.3) is 5.90 Å². The van der Waals surface area contributed by atoms with Crippen molar-refractivity contribution in [3.63, 3.8) is 0 Å². The van der Waals surface area contributed by atoms with E-state index in [1.54, 1.807) is 0 Å². The second kappa shape index (κ2) is 8.26. The number of piperidine rings is 1. The fourth-order valence-electron chi connectivity index (χ4n) is 3.36. The number of rotatable bonds is 7. The van der Waals surface area contributed by atoms with E-state index in [0.29, 0.717) is 38.6 Å². The van der Waals surface area contributed by atoms with Crippen molar-refractivity contribution in [1.82, 2.24) is 4.31 Å². The smallest absolute Gasteiger partial charge is 0.253 e. The number of ketones is 1. The summed E-state index contributed by atoms with van der Waals surface area (Å²) in [6.45, 7) is 1.95. The maximum Gasteiger partial charge on any atom is 0.253 e. The van der Waals surface area contributed by atoms with Crippen molar-refractivity contribution >= 4 is 21.7 Å². The van der Waals surface area contributed by atoms with Gasteiger partial charge in [-0.1, -0.05) is 0 Å². The number of hydrogen-bond acceptors (Lipinski definition) is 5. The van der Waals surface area contributed by atoms with Crippen LogP contribution in [0, 0.1) is 11.7 Å². The van der Waals surface area contributed by atoms with Crippen LogP contribution in [0.1, 0.15) is 32.1 Å². The van der Waals surface area contributed by atoms with E-state index >= 15 is 0 Å². The van der Waals surface area contributed by atoms with Crippen LogP contribution in [-0.4, -0.2) is 50.6 Å². The van der Waals surface area contributed by atoms with Crippen molar-refractivity contribution in [3.8, 4) is 0 Å². The number of Topliss-reactive ketones (excluding diaryl/α,β-unsaturated/α-hetero) is 1. The lowest BCUT2D eigenvalue weighted by Crippen LogP contribution is -2.38. The molecule has 8 heteroatoms. The molecule has 0 aromatic heterocycles. The number of hydrogen-bond donors (Lipinski definition) is 0. The average Bonchev–Trinajstić information content (AvgIpc) is 3.17. The quantitative estimate of drug-likeness (QED) is 0.726. The summed E-state index contributed by atoms with van der Waals surface area (Å²) in [6, 6.07) is 4.93. The minimum Gasteiger partial charge on any atom is -0.473 e. The normalized spacial score (nSPS) is 19.2. The van der Waals surface area contributed by atoms with Crippen LogP contribution in [-0.2, 0) is 19.6 Å². The molecular formula is C18H23FN2O4S. The van der Waals surface area contributed by atoms with Crippen LogP contribution in [0.5, 0.6) is 0 Å². The number of sulfonamides is 1. The first-order valence-corrected chi connectivity index (χ1v) is 10.4. The molecule has 0 atom stereocenters. The topological polar surface area (TPSA) is 76.0 Å². The minimum absolute atomic E-state index is 0.0428. The van der Waals surface area contributed by atoms with Gasteiger partial charge in [0, 0.05) is 19.5 Å². The maximum atomic E-state index is 13.0. The van der Waals surface area contributed by atoms with Crippen molar-refractivity contribution < 1.29 is 22.3 Å². The van der Waals surface area contributed by atoms with Gasteiger partial charge in [0.1, 0.15) is 12.4 Å². The Labute approximate surface area is 153 Å². The zero-order valence-corrected chi connectivity index (χ0v) is 15.4. The average molecular weight is 382 g/mol. The highest BCUT2D eigenvalue weighted by atomic mass is 32.2. The van der Waals surface area contributed by atoms with Gasteiger partial charge in [-0.15, -0.1) is 0 Å². The third kappa shape index (κ3) is 4.48. The van der Waals surface area contributed by atoms with Crippen molar-refractivity contribution in [2.45, 2.75) is 37.0 Å². The van der Waals surface area contributed by atoms with Gasteiger partial charge in [-0.25, -0.2) is 17.8 Å². The molecule has 26 heavy (non-hydrogen) atoms. The lowest BCUT2D eigenvalue weighted by Gasteiger charge is -2.31. The molecule has 1 aromatic carbocycles. The molecule has 6 nitrogen and oxygen atoms in total. The summed E-state index contributed by atoms with van der Waals surface area (Å²) in [5.41, 5.74) is 0. The predicted molar refractivity (Wildman–Crippen MR) is 95.0 cm³/mol. The fraction of sp³-hybridized carbons (Fsp3) is 0.556. The Kier molecular flexibility index (Phi) is 6.03. The standard InChI is InChI=1S/C18H23FN2O4S/c19-15-4-6-16(7-5-15)26(23,24)21-11-8-14(9-12-21)2-1-3-17(22)18-20-10-13-25-18/h4-7,14H,1-3,8-13H2. The summed E-state index contributed by atoms with van der Waals surface area (Å²) >= 11 is 0. The molecule has 3 rings (SSSR count). The second-order valence-corrected chi connectivity index (χ2v) is 8.59. The van der Waals surface area contributed by atoms with E-state index in [1.807, 2.05) is 0 Å². The van der Waals surface area contributed by atoms with Crippen LogP contribution in [0.2, 0.25) is 0 Å². The van der Waals surface area contributed by atoms with Crippen LogP contribution in [0.15, 0.2) is 34.2 Å². The summed E-state index contributed by atoms with van der Waals surface area (Å²) in [6.07, 6.45) is 3.62. The third-order valence-corrected chi connectivity index (χ3v) is 6.78. The first kappa shape index (κ1) is 19.0. The summed E-state index contributed by atoms with van der Waals surface area (Å²) in [4.78, 5) is 16.0. The number of carbonyl (C=O) groups excluding carboxylic acids is 1. The molecule has 0 radical (unpaired) electrons. The Balaban J connectivity index is 1.45. The Bertz CT molecular complexity index is 769. The largest absolute Gasteiger partial charge is 0.473 e. The van der Waals surface area contributed by atoms with Gasteiger partial charge in [0.15, 0.2) is 0 Å². The van der Waals surface area contributed by atoms with Gasteiger partial charge >= 0.3 is 0 Å². The number of ether oxygens (including phenoxy) is 1. The van der Waals surface area contributed by atoms with Gasteiger partial charge in [-0.05, 0) is 55.9 Å². The molecule has 142 valence electrons. The Morgan fingerprint density at radius 2 is 1.92 bits per heavy atom. The summed E-state index contributed by atoms with van der Waals surface area (Å²) < 4.78 is 44.8. The first-order chi connectivity index (χ1) is 12.5. The van der Waals surface area contributed by atoms with Gasteiger partial charge < -0.3 is 4.74 Å². The van der Waals surface area contributed by atoms with E-state index in [2.05, 4.69) is 4.99 Å². The summed E-state index contributed by atoms with van der Waals surface area (Å²) in [5, 5.41) is 0. The lowest BCUT2D eigenvalue weighted by molar-refractivity contribution is -0.114. The molecule has 0 aliphatic carbocycles. The van der Waals surface area contributed by atoms with Crippen LogP contribution >= 0.6 is 0 Å². The summed E-state index contributed by atoms with van der Waals surface area (Å²) in [5.74, 6) is 0.170. The van der Waals surface area contributed by atoms with Crippen LogP contribution in [0.25, 0.3) is 0 Å². The fourth-order valence-corrected chi connectivity index (χ4v) is 4.83. The second-order valence-electron chi connectivity index (χ2n) is 6.65.